The molecule has 0 saturated carbocycles. The van der Waals surface area contributed by atoms with Gasteiger partial charge in [-0.1, -0.05) is 11.6 Å². The maximum Gasteiger partial charge on any atom is 0.196 e. The Morgan fingerprint density at radius 1 is 1.22 bits per heavy atom. The van der Waals surface area contributed by atoms with E-state index in [-0.39, 0.29) is 5.78 Å². The van der Waals surface area contributed by atoms with Crippen LogP contribution in [0.4, 0.5) is 5.69 Å². The summed E-state index contributed by atoms with van der Waals surface area (Å²) in [5.41, 5.74) is 8.08. The highest BCUT2D eigenvalue weighted by molar-refractivity contribution is 6.33. The van der Waals surface area contributed by atoms with Gasteiger partial charge in [-0.25, -0.2) is 0 Å². The fourth-order valence-electron chi connectivity index (χ4n) is 1.94. The van der Waals surface area contributed by atoms with Crippen molar-refractivity contribution >= 4 is 23.1 Å². The number of hydrogen-bond acceptors (Lipinski definition) is 3. The number of anilines is 1. The quantitative estimate of drug-likeness (QED) is 0.664. The van der Waals surface area contributed by atoms with E-state index in [1.165, 1.54) is 0 Å². The second-order valence-electron chi connectivity index (χ2n) is 4.28. The van der Waals surface area contributed by atoms with E-state index in [4.69, 9.17) is 21.8 Å². The number of hydrogen-bond donors (Lipinski definition) is 1. The molecule has 0 fully saturated rings. The standard InChI is InChI=1S/C14H14ClNO2/c1-7-8(2)18-9(3)13(7)14(17)10-4-5-12(16)11(15)6-10/h4-6H,16H2,1-3H3. The van der Waals surface area contributed by atoms with Crippen molar-refractivity contribution in [2.24, 2.45) is 0 Å². The van der Waals surface area contributed by atoms with E-state index in [1.807, 2.05) is 13.8 Å². The van der Waals surface area contributed by atoms with Gasteiger partial charge in [-0.15, -0.1) is 0 Å². The van der Waals surface area contributed by atoms with Crippen molar-refractivity contribution in [1.29, 1.82) is 0 Å². The van der Waals surface area contributed by atoms with Crippen LogP contribution in [0.15, 0.2) is 22.6 Å². The minimum absolute atomic E-state index is 0.0937. The highest BCUT2D eigenvalue weighted by Crippen LogP contribution is 2.26. The van der Waals surface area contributed by atoms with E-state index < -0.39 is 0 Å². The van der Waals surface area contributed by atoms with E-state index in [9.17, 15) is 4.79 Å². The molecule has 0 saturated heterocycles. The monoisotopic (exact) mass is 263 g/mol. The summed E-state index contributed by atoms with van der Waals surface area (Å²) in [6.45, 7) is 5.50. The van der Waals surface area contributed by atoms with Crippen molar-refractivity contribution in [1.82, 2.24) is 0 Å². The third-order valence-electron chi connectivity index (χ3n) is 3.05. The summed E-state index contributed by atoms with van der Waals surface area (Å²) in [5, 5.41) is 0.386. The predicted molar refractivity (Wildman–Crippen MR) is 72.2 cm³/mol. The molecule has 0 amide bonds. The molecule has 1 heterocycles. The lowest BCUT2D eigenvalue weighted by Gasteiger charge is -2.03. The van der Waals surface area contributed by atoms with Crippen LogP contribution in [0.2, 0.25) is 5.02 Å². The Kier molecular flexibility index (Phi) is 3.18. The van der Waals surface area contributed by atoms with E-state index in [0.29, 0.717) is 27.6 Å². The number of carbonyl (C=O) groups is 1. The highest BCUT2D eigenvalue weighted by atomic mass is 35.5. The van der Waals surface area contributed by atoms with Crippen molar-refractivity contribution in [2.75, 3.05) is 5.73 Å². The molecule has 0 atom stereocenters. The Morgan fingerprint density at radius 3 is 2.39 bits per heavy atom. The zero-order valence-corrected chi connectivity index (χ0v) is 11.3. The molecule has 1 aromatic carbocycles. The number of halogens is 1. The molecule has 2 N–H and O–H groups in total. The topological polar surface area (TPSA) is 56.2 Å². The van der Waals surface area contributed by atoms with Gasteiger partial charge >= 0.3 is 0 Å². The molecule has 2 aromatic rings. The molecular formula is C14H14ClNO2. The highest BCUT2D eigenvalue weighted by Gasteiger charge is 2.20. The molecule has 0 aliphatic carbocycles. The summed E-state index contributed by atoms with van der Waals surface area (Å²) < 4.78 is 5.46. The molecule has 94 valence electrons. The molecule has 18 heavy (non-hydrogen) atoms. The minimum Gasteiger partial charge on any atom is -0.466 e. The van der Waals surface area contributed by atoms with Gasteiger partial charge in [-0.2, -0.15) is 0 Å². The van der Waals surface area contributed by atoms with Crippen LogP contribution in [0.5, 0.6) is 0 Å². The average Bonchev–Trinajstić information content (AvgIpc) is 2.56. The van der Waals surface area contributed by atoms with Crippen LogP contribution in [0, 0.1) is 20.8 Å². The lowest BCUT2D eigenvalue weighted by molar-refractivity contribution is 0.103. The molecule has 0 aliphatic heterocycles. The molecule has 3 nitrogen and oxygen atoms in total. The Labute approximate surface area is 111 Å². The van der Waals surface area contributed by atoms with Crippen LogP contribution in [-0.4, -0.2) is 5.78 Å². The van der Waals surface area contributed by atoms with Gasteiger partial charge in [0.25, 0.3) is 0 Å². The van der Waals surface area contributed by atoms with Crippen molar-refractivity contribution in [3.8, 4) is 0 Å². The van der Waals surface area contributed by atoms with Gasteiger partial charge in [0, 0.05) is 11.1 Å². The molecule has 0 unspecified atom stereocenters. The van der Waals surface area contributed by atoms with Gasteiger partial charge in [0.2, 0.25) is 0 Å². The van der Waals surface area contributed by atoms with Gasteiger partial charge < -0.3 is 10.2 Å². The number of benzene rings is 1. The van der Waals surface area contributed by atoms with E-state index in [0.717, 1.165) is 11.3 Å². The van der Waals surface area contributed by atoms with Crippen LogP contribution in [0.25, 0.3) is 0 Å². The Bertz CT molecular complexity index is 629. The summed E-state index contributed by atoms with van der Waals surface area (Å²) >= 11 is 5.93. The number of furan rings is 1. The van der Waals surface area contributed by atoms with Crippen molar-refractivity contribution < 1.29 is 9.21 Å². The summed E-state index contributed by atoms with van der Waals surface area (Å²) in [6.07, 6.45) is 0. The SMILES string of the molecule is Cc1oc(C)c(C(=O)c2ccc(N)c(Cl)c2)c1C. The lowest BCUT2D eigenvalue weighted by Crippen LogP contribution is -2.04. The van der Waals surface area contributed by atoms with E-state index in [1.54, 1.807) is 25.1 Å². The fraction of sp³-hybridized carbons (Fsp3) is 0.214. The third kappa shape index (κ3) is 2.02. The second kappa shape index (κ2) is 4.50. The number of ketones is 1. The van der Waals surface area contributed by atoms with Crippen LogP contribution < -0.4 is 5.73 Å². The van der Waals surface area contributed by atoms with E-state index >= 15 is 0 Å². The smallest absolute Gasteiger partial charge is 0.196 e. The predicted octanol–water partition coefficient (Wildman–Crippen LogP) is 3.67. The molecule has 1 aromatic heterocycles. The third-order valence-corrected chi connectivity index (χ3v) is 3.38. The summed E-state index contributed by atoms with van der Waals surface area (Å²) in [5.74, 6) is 1.30. The first-order valence-corrected chi connectivity index (χ1v) is 5.96. The maximum atomic E-state index is 12.4. The van der Waals surface area contributed by atoms with Gasteiger partial charge in [0.15, 0.2) is 5.78 Å². The first kappa shape index (κ1) is 12.7. The number of carbonyl (C=O) groups excluding carboxylic acids is 1. The molecule has 0 spiro atoms. The molecule has 2 rings (SSSR count). The van der Waals surface area contributed by atoms with Crippen molar-refractivity contribution in [2.45, 2.75) is 20.8 Å². The number of nitrogens with two attached hydrogens (primary N) is 1. The summed E-state index contributed by atoms with van der Waals surface area (Å²) in [4.78, 5) is 12.4. The zero-order chi connectivity index (χ0) is 13.4. The number of aryl methyl sites for hydroxylation is 2. The van der Waals surface area contributed by atoms with Crippen molar-refractivity contribution in [3.63, 3.8) is 0 Å². The summed E-state index contributed by atoms with van der Waals surface area (Å²) in [6, 6.07) is 4.89. The molecule has 0 radical (unpaired) electrons. The Morgan fingerprint density at radius 2 is 1.89 bits per heavy atom. The van der Waals surface area contributed by atoms with Gasteiger partial charge in [0.1, 0.15) is 11.5 Å². The molecular weight excluding hydrogens is 250 g/mol. The van der Waals surface area contributed by atoms with Crippen LogP contribution in [0.3, 0.4) is 0 Å². The molecule has 0 bridgehead atoms. The first-order chi connectivity index (χ1) is 8.41. The normalized spacial score (nSPS) is 10.7. The minimum atomic E-state index is -0.0937. The number of rotatable bonds is 2. The average molecular weight is 264 g/mol. The second-order valence-corrected chi connectivity index (χ2v) is 4.69. The van der Waals surface area contributed by atoms with Crippen LogP contribution in [-0.2, 0) is 0 Å². The lowest BCUT2D eigenvalue weighted by atomic mass is 9.99. The van der Waals surface area contributed by atoms with Crippen LogP contribution >= 0.6 is 11.6 Å². The summed E-state index contributed by atoms with van der Waals surface area (Å²) in [7, 11) is 0. The first-order valence-electron chi connectivity index (χ1n) is 5.58. The number of nitrogen functional groups attached to an aromatic ring is 1. The van der Waals surface area contributed by atoms with Crippen LogP contribution in [0.1, 0.15) is 33.0 Å². The Balaban J connectivity index is 2.51. The largest absolute Gasteiger partial charge is 0.466 e. The van der Waals surface area contributed by atoms with Gasteiger partial charge in [-0.05, 0) is 39.0 Å². The zero-order valence-electron chi connectivity index (χ0n) is 10.5. The molecule has 0 aliphatic rings. The van der Waals surface area contributed by atoms with Gasteiger partial charge in [-0.3, -0.25) is 4.79 Å². The van der Waals surface area contributed by atoms with Crippen molar-refractivity contribution in [3.05, 3.63) is 51.4 Å². The fourth-order valence-corrected chi connectivity index (χ4v) is 2.12. The van der Waals surface area contributed by atoms with E-state index in [2.05, 4.69) is 0 Å². The molecule has 4 heteroatoms. The van der Waals surface area contributed by atoms with Gasteiger partial charge in [0.05, 0.1) is 16.3 Å². The Hall–Kier alpha value is -1.74. The maximum absolute atomic E-state index is 12.4.